The standard InChI is InChI=1S/C24H25N3O3S/c1-17-6-5-8-19(14-17)22(28)25-24-27(18(2)16-31-24)15-20-7-3-4-9-21(20)23(29)26-10-12-30-13-11-26/h3-9,14,16H,10-13,15H2,1-2H3. The Balaban J connectivity index is 1.65. The van der Waals surface area contributed by atoms with Gasteiger partial charge in [-0.05, 0) is 37.6 Å². The van der Waals surface area contributed by atoms with Crippen LogP contribution in [0.4, 0.5) is 0 Å². The topological polar surface area (TPSA) is 63.9 Å². The lowest BCUT2D eigenvalue weighted by molar-refractivity contribution is 0.0302. The number of ether oxygens (including phenoxy) is 1. The van der Waals surface area contributed by atoms with Gasteiger partial charge in [0.1, 0.15) is 0 Å². The highest BCUT2D eigenvalue weighted by molar-refractivity contribution is 7.07. The van der Waals surface area contributed by atoms with Gasteiger partial charge in [-0.15, -0.1) is 11.3 Å². The number of benzene rings is 2. The van der Waals surface area contributed by atoms with Crippen LogP contribution in [0.15, 0.2) is 58.9 Å². The molecule has 2 heterocycles. The van der Waals surface area contributed by atoms with Crippen LogP contribution < -0.4 is 4.80 Å². The monoisotopic (exact) mass is 435 g/mol. The molecule has 6 nitrogen and oxygen atoms in total. The van der Waals surface area contributed by atoms with E-state index in [-0.39, 0.29) is 11.8 Å². The van der Waals surface area contributed by atoms with Gasteiger partial charge in [-0.1, -0.05) is 35.9 Å². The van der Waals surface area contributed by atoms with E-state index in [1.54, 1.807) is 6.07 Å². The van der Waals surface area contributed by atoms with Crippen molar-refractivity contribution in [2.24, 2.45) is 4.99 Å². The van der Waals surface area contributed by atoms with E-state index >= 15 is 0 Å². The highest BCUT2D eigenvalue weighted by atomic mass is 32.1. The van der Waals surface area contributed by atoms with Crippen LogP contribution in [0.1, 0.15) is 37.5 Å². The van der Waals surface area contributed by atoms with Gasteiger partial charge < -0.3 is 14.2 Å². The minimum Gasteiger partial charge on any atom is -0.378 e. The highest BCUT2D eigenvalue weighted by Crippen LogP contribution is 2.16. The summed E-state index contributed by atoms with van der Waals surface area (Å²) >= 11 is 1.43. The van der Waals surface area contributed by atoms with Gasteiger partial charge in [0.05, 0.1) is 19.8 Å². The molecule has 4 rings (SSSR count). The van der Waals surface area contributed by atoms with E-state index in [1.165, 1.54) is 11.3 Å². The second-order valence-corrected chi connectivity index (χ2v) is 8.43. The molecule has 1 fully saturated rings. The lowest BCUT2D eigenvalue weighted by Gasteiger charge is -2.27. The smallest absolute Gasteiger partial charge is 0.279 e. The maximum atomic E-state index is 13.1. The van der Waals surface area contributed by atoms with Crippen molar-refractivity contribution in [2.75, 3.05) is 26.3 Å². The van der Waals surface area contributed by atoms with Gasteiger partial charge in [-0.25, -0.2) is 0 Å². The Hall–Kier alpha value is -3.03. The molecule has 2 aromatic carbocycles. The normalized spacial score (nSPS) is 14.6. The van der Waals surface area contributed by atoms with Crippen molar-refractivity contribution in [3.05, 3.63) is 86.7 Å². The maximum Gasteiger partial charge on any atom is 0.279 e. The molecular formula is C24H25N3O3S. The summed E-state index contributed by atoms with van der Waals surface area (Å²) in [6.45, 7) is 6.74. The number of hydrogen-bond donors (Lipinski definition) is 0. The van der Waals surface area contributed by atoms with Crippen molar-refractivity contribution in [3.63, 3.8) is 0 Å². The molecule has 31 heavy (non-hydrogen) atoms. The zero-order chi connectivity index (χ0) is 21.8. The third-order valence-corrected chi connectivity index (χ3v) is 6.31. The summed E-state index contributed by atoms with van der Waals surface area (Å²) in [5, 5.41) is 1.98. The second kappa shape index (κ2) is 9.41. The molecular weight excluding hydrogens is 410 g/mol. The Morgan fingerprint density at radius 1 is 1.06 bits per heavy atom. The van der Waals surface area contributed by atoms with E-state index in [0.717, 1.165) is 16.8 Å². The second-order valence-electron chi connectivity index (χ2n) is 7.59. The van der Waals surface area contributed by atoms with E-state index in [9.17, 15) is 9.59 Å². The first kappa shape index (κ1) is 21.2. The van der Waals surface area contributed by atoms with Crippen molar-refractivity contribution < 1.29 is 14.3 Å². The highest BCUT2D eigenvalue weighted by Gasteiger charge is 2.21. The van der Waals surface area contributed by atoms with Crippen molar-refractivity contribution in [1.29, 1.82) is 0 Å². The van der Waals surface area contributed by atoms with Gasteiger partial charge >= 0.3 is 0 Å². The minimum atomic E-state index is -0.267. The van der Waals surface area contributed by atoms with Crippen molar-refractivity contribution >= 4 is 23.2 Å². The maximum absolute atomic E-state index is 13.1. The van der Waals surface area contributed by atoms with E-state index in [1.807, 2.05) is 71.2 Å². The molecule has 1 aliphatic heterocycles. The fourth-order valence-corrected chi connectivity index (χ4v) is 4.47. The summed E-state index contributed by atoms with van der Waals surface area (Å²) in [6, 6.07) is 15.1. The van der Waals surface area contributed by atoms with Crippen molar-refractivity contribution in [3.8, 4) is 0 Å². The minimum absolute atomic E-state index is 0.0155. The quantitative estimate of drug-likeness (QED) is 0.631. The van der Waals surface area contributed by atoms with Crippen molar-refractivity contribution in [1.82, 2.24) is 9.47 Å². The number of rotatable bonds is 4. The summed E-state index contributed by atoms with van der Waals surface area (Å²) in [5.41, 5.74) is 4.17. The average molecular weight is 436 g/mol. The Morgan fingerprint density at radius 3 is 2.61 bits per heavy atom. The average Bonchev–Trinajstić information content (AvgIpc) is 3.13. The van der Waals surface area contributed by atoms with Crippen LogP contribution in [0.5, 0.6) is 0 Å². The Labute approximate surface area is 185 Å². The van der Waals surface area contributed by atoms with Crippen LogP contribution in [0, 0.1) is 13.8 Å². The van der Waals surface area contributed by atoms with Gasteiger partial charge in [0.25, 0.3) is 11.8 Å². The molecule has 0 saturated carbocycles. The Kier molecular flexibility index (Phi) is 6.44. The summed E-state index contributed by atoms with van der Waals surface area (Å²) in [4.78, 5) is 32.7. The molecule has 1 aliphatic rings. The summed E-state index contributed by atoms with van der Waals surface area (Å²) in [6.07, 6.45) is 0. The van der Waals surface area contributed by atoms with Crippen LogP contribution in [0.25, 0.3) is 0 Å². The van der Waals surface area contributed by atoms with E-state index in [4.69, 9.17) is 4.74 Å². The lowest BCUT2D eigenvalue weighted by Crippen LogP contribution is -2.41. The third kappa shape index (κ3) is 4.84. The number of morpholine rings is 1. The van der Waals surface area contributed by atoms with Crippen LogP contribution in [-0.4, -0.2) is 47.6 Å². The van der Waals surface area contributed by atoms with Gasteiger partial charge in [0.2, 0.25) is 0 Å². The number of carbonyl (C=O) groups excluding carboxylic acids is 2. The summed E-state index contributed by atoms with van der Waals surface area (Å²) in [7, 11) is 0. The third-order valence-electron chi connectivity index (χ3n) is 5.33. The van der Waals surface area contributed by atoms with Crippen LogP contribution in [-0.2, 0) is 11.3 Å². The molecule has 1 saturated heterocycles. The molecule has 0 N–H and O–H groups in total. The van der Waals surface area contributed by atoms with Gasteiger partial charge in [-0.2, -0.15) is 4.99 Å². The van der Waals surface area contributed by atoms with Gasteiger partial charge in [0, 0.05) is 35.3 Å². The molecule has 0 radical (unpaired) electrons. The number of aryl methyl sites for hydroxylation is 2. The summed E-state index contributed by atoms with van der Waals surface area (Å²) in [5.74, 6) is -0.251. The first-order valence-electron chi connectivity index (χ1n) is 10.3. The number of amides is 2. The van der Waals surface area contributed by atoms with E-state index < -0.39 is 0 Å². The molecule has 0 spiro atoms. The first-order valence-corrected chi connectivity index (χ1v) is 11.2. The molecule has 160 valence electrons. The predicted molar refractivity (Wildman–Crippen MR) is 120 cm³/mol. The number of nitrogens with zero attached hydrogens (tertiary/aromatic N) is 3. The van der Waals surface area contributed by atoms with E-state index in [2.05, 4.69) is 4.99 Å². The predicted octanol–water partition coefficient (Wildman–Crippen LogP) is 3.43. The van der Waals surface area contributed by atoms with Crippen molar-refractivity contribution in [2.45, 2.75) is 20.4 Å². The number of carbonyl (C=O) groups is 2. The molecule has 7 heteroatoms. The molecule has 0 unspecified atom stereocenters. The summed E-state index contributed by atoms with van der Waals surface area (Å²) < 4.78 is 7.36. The van der Waals surface area contributed by atoms with Gasteiger partial charge in [-0.3, -0.25) is 9.59 Å². The fourth-order valence-electron chi connectivity index (χ4n) is 3.60. The van der Waals surface area contributed by atoms with Crippen LogP contribution in [0.2, 0.25) is 0 Å². The van der Waals surface area contributed by atoms with E-state index in [0.29, 0.717) is 48.8 Å². The molecule has 2 amide bonds. The first-order chi connectivity index (χ1) is 15.0. The molecule has 3 aromatic rings. The van der Waals surface area contributed by atoms with Gasteiger partial charge in [0.15, 0.2) is 4.80 Å². The van der Waals surface area contributed by atoms with Crippen LogP contribution >= 0.6 is 11.3 Å². The molecule has 1 aromatic heterocycles. The zero-order valence-electron chi connectivity index (χ0n) is 17.7. The zero-order valence-corrected chi connectivity index (χ0v) is 18.5. The fraction of sp³-hybridized carbons (Fsp3) is 0.292. The molecule has 0 aliphatic carbocycles. The number of thiazole rings is 1. The Bertz CT molecular complexity index is 1170. The molecule has 0 atom stereocenters. The largest absolute Gasteiger partial charge is 0.378 e. The lowest BCUT2D eigenvalue weighted by atomic mass is 10.1. The Morgan fingerprint density at radius 2 is 1.84 bits per heavy atom. The SMILES string of the molecule is Cc1cccc(C(=O)N=c2scc(C)n2Cc2ccccc2C(=O)N2CCOCC2)c1. The molecule has 0 bridgehead atoms. The number of hydrogen-bond acceptors (Lipinski definition) is 4. The van der Waals surface area contributed by atoms with Crippen LogP contribution in [0.3, 0.4) is 0 Å². The number of aromatic nitrogens is 1.